The van der Waals surface area contributed by atoms with E-state index in [1.165, 1.54) is 231 Å². The van der Waals surface area contributed by atoms with Crippen molar-refractivity contribution in [3.8, 4) is 0 Å². The molecule has 0 aromatic heterocycles. The number of nitrogens with zero attached hydrogens (tertiary/aromatic N) is 1. The van der Waals surface area contributed by atoms with Crippen molar-refractivity contribution in [2.24, 2.45) is 0 Å². The van der Waals surface area contributed by atoms with E-state index in [0.717, 1.165) is 19.4 Å². The number of carboxylic acid groups (broad SMARTS) is 1. The minimum Gasteiger partial charge on any atom is -0.550 e. The van der Waals surface area contributed by atoms with Crippen molar-refractivity contribution in [2.75, 3.05) is 19.6 Å². The number of carbonyl (C=O) groups is 1. The summed E-state index contributed by atoms with van der Waals surface area (Å²) in [5.41, 5.74) is 0. The number of rotatable bonds is 41. The Hall–Kier alpha value is 1.07. The zero-order chi connectivity index (χ0) is 33.4. The van der Waals surface area contributed by atoms with Crippen molar-refractivity contribution < 1.29 is 61.3 Å². The molecule has 0 bridgehead atoms. The van der Waals surface area contributed by atoms with Crippen LogP contribution in [0.15, 0.2) is 0 Å². The van der Waals surface area contributed by atoms with Crippen molar-refractivity contribution in [2.45, 2.75) is 251 Å². The smallest absolute Gasteiger partial charge is 0.550 e. The van der Waals surface area contributed by atoms with Crippen molar-refractivity contribution >= 4 is 5.97 Å². The molecular formula is C43H86KNO2. The van der Waals surface area contributed by atoms with Crippen molar-refractivity contribution in [3.63, 3.8) is 0 Å². The third-order valence-corrected chi connectivity index (χ3v) is 10.3. The Bertz CT molecular complexity index is 534. The molecule has 0 fully saturated rings. The van der Waals surface area contributed by atoms with E-state index >= 15 is 0 Å². The van der Waals surface area contributed by atoms with E-state index in [-0.39, 0.29) is 57.8 Å². The summed E-state index contributed by atoms with van der Waals surface area (Å²) in [4.78, 5) is 13.4. The van der Waals surface area contributed by atoms with Gasteiger partial charge in [0.25, 0.3) is 0 Å². The minimum absolute atomic E-state index is 0. The Kier molecular flexibility index (Phi) is 48.1. The van der Waals surface area contributed by atoms with Gasteiger partial charge in [0.1, 0.15) is 0 Å². The molecule has 0 amide bonds. The molecule has 0 unspecified atom stereocenters. The number of hydrogen-bond acceptors (Lipinski definition) is 3. The molecule has 0 radical (unpaired) electrons. The van der Waals surface area contributed by atoms with E-state index in [1.807, 2.05) is 0 Å². The van der Waals surface area contributed by atoms with Gasteiger partial charge in [-0.25, -0.2) is 0 Å². The average molecular weight is 688 g/mol. The van der Waals surface area contributed by atoms with Crippen LogP contribution in [0, 0.1) is 0 Å². The van der Waals surface area contributed by atoms with Gasteiger partial charge in [0.2, 0.25) is 0 Å². The van der Waals surface area contributed by atoms with Crippen LogP contribution < -0.4 is 56.5 Å². The fourth-order valence-electron chi connectivity index (χ4n) is 7.06. The second kappa shape index (κ2) is 45.1. The van der Waals surface area contributed by atoms with Crippen LogP contribution in [0.5, 0.6) is 0 Å². The largest absolute Gasteiger partial charge is 1.00 e. The second-order valence-electron chi connectivity index (χ2n) is 15.0. The molecule has 0 heterocycles. The van der Waals surface area contributed by atoms with Crippen molar-refractivity contribution in [3.05, 3.63) is 0 Å². The zero-order valence-electron chi connectivity index (χ0n) is 33.0. The molecule has 0 N–H and O–H groups in total. The van der Waals surface area contributed by atoms with Crippen LogP contribution in [0.1, 0.15) is 251 Å². The number of unbranched alkanes of at least 4 members (excludes halogenated alkanes) is 33. The van der Waals surface area contributed by atoms with Gasteiger partial charge in [-0.15, -0.1) is 0 Å². The van der Waals surface area contributed by atoms with E-state index in [2.05, 4.69) is 18.7 Å². The summed E-state index contributed by atoms with van der Waals surface area (Å²) in [7, 11) is 0. The first kappa shape index (κ1) is 50.2. The van der Waals surface area contributed by atoms with Crippen LogP contribution in [0.25, 0.3) is 0 Å². The van der Waals surface area contributed by atoms with E-state index in [4.69, 9.17) is 0 Å². The normalized spacial score (nSPS) is 11.4. The molecule has 4 heteroatoms. The SMILES string of the molecule is CCCCCCCCCCCCCCCCCCCN(CCCCCCCCCCCCCCCCCCC)CCCCC(=O)[O-].[K+]. The van der Waals surface area contributed by atoms with Crippen molar-refractivity contribution in [1.82, 2.24) is 4.90 Å². The Morgan fingerprint density at radius 2 is 0.532 bits per heavy atom. The van der Waals surface area contributed by atoms with Crippen LogP contribution in [0.3, 0.4) is 0 Å². The molecule has 0 aromatic rings. The van der Waals surface area contributed by atoms with Gasteiger partial charge in [-0.05, 0) is 51.7 Å². The minimum atomic E-state index is -0.895. The molecule has 0 saturated heterocycles. The molecule has 0 atom stereocenters. The van der Waals surface area contributed by atoms with Gasteiger partial charge in [-0.2, -0.15) is 0 Å². The van der Waals surface area contributed by atoms with E-state index in [0.29, 0.717) is 0 Å². The molecule has 0 aliphatic rings. The molecule has 3 nitrogen and oxygen atoms in total. The molecular weight excluding hydrogens is 602 g/mol. The van der Waals surface area contributed by atoms with Gasteiger partial charge in [0, 0.05) is 5.97 Å². The number of aliphatic carboxylic acids is 1. The molecule has 0 aliphatic heterocycles. The third-order valence-electron chi connectivity index (χ3n) is 10.3. The molecule has 0 aliphatic carbocycles. The molecule has 47 heavy (non-hydrogen) atoms. The van der Waals surface area contributed by atoms with Crippen LogP contribution in [0.4, 0.5) is 0 Å². The van der Waals surface area contributed by atoms with Gasteiger partial charge in [-0.3, -0.25) is 0 Å². The van der Waals surface area contributed by atoms with E-state index in [9.17, 15) is 9.90 Å². The maximum absolute atomic E-state index is 10.8. The molecule has 0 spiro atoms. The van der Waals surface area contributed by atoms with E-state index in [1.54, 1.807) is 0 Å². The quantitative estimate of drug-likeness (QED) is 0.0475. The maximum Gasteiger partial charge on any atom is 1.00 e. The first-order valence-corrected chi connectivity index (χ1v) is 21.6. The number of carboxylic acids is 1. The topological polar surface area (TPSA) is 43.4 Å². The summed E-state index contributed by atoms with van der Waals surface area (Å²) in [6, 6.07) is 0. The molecule has 276 valence electrons. The average Bonchev–Trinajstić information content (AvgIpc) is 3.05. The Balaban J connectivity index is 0. The first-order chi connectivity index (χ1) is 22.7. The Labute approximate surface area is 340 Å². The monoisotopic (exact) mass is 688 g/mol. The maximum atomic E-state index is 10.8. The van der Waals surface area contributed by atoms with Gasteiger partial charge in [-0.1, -0.05) is 219 Å². The standard InChI is InChI=1S/C43H87NO2.K/c1-3-5-7-9-11-13-15-17-19-21-23-25-27-29-31-33-36-40-44(42-38-35-39-43(45)46)41-37-34-32-30-28-26-24-22-20-18-16-14-12-10-8-6-4-2;/h3-42H2,1-2H3,(H,45,46);/q;+1/p-1. The summed E-state index contributed by atoms with van der Waals surface area (Å²) >= 11 is 0. The molecule has 0 rings (SSSR count). The molecule has 0 aromatic carbocycles. The Morgan fingerprint density at radius 1 is 0.340 bits per heavy atom. The summed E-state index contributed by atoms with van der Waals surface area (Å²) in [6.07, 6.45) is 50.3. The van der Waals surface area contributed by atoms with Crippen LogP contribution in [-0.4, -0.2) is 30.5 Å². The zero-order valence-corrected chi connectivity index (χ0v) is 36.2. The summed E-state index contributed by atoms with van der Waals surface area (Å²) in [6.45, 7) is 8.05. The summed E-state index contributed by atoms with van der Waals surface area (Å²) < 4.78 is 0. The predicted octanol–water partition coefficient (Wildman–Crippen LogP) is 10.5. The summed E-state index contributed by atoms with van der Waals surface area (Å²) in [5.74, 6) is -0.895. The van der Waals surface area contributed by atoms with Gasteiger partial charge >= 0.3 is 51.4 Å². The second-order valence-corrected chi connectivity index (χ2v) is 15.0. The fourth-order valence-corrected chi connectivity index (χ4v) is 7.06. The van der Waals surface area contributed by atoms with Crippen molar-refractivity contribution in [1.29, 1.82) is 0 Å². The number of hydrogen-bond donors (Lipinski definition) is 0. The third kappa shape index (κ3) is 45.0. The van der Waals surface area contributed by atoms with E-state index < -0.39 is 5.97 Å². The fraction of sp³-hybridized carbons (Fsp3) is 0.977. The first-order valence-electron chi connectivity index (χ1n) is 21.6. The summed E-state index contributed by atoms with van der Waals surface area (Å²) in [5, 5.41) is 10.8. The van der Waals surface area contributed by atoms with Gasteiger partial charge < -0.3 is 14.8 Å². The van der Waals surface area contributed by atoms with Gasteiger partial charge in [0.05, 0.1) is 0 Å². The number of carbonyl (C=O) groups excluding carboxylic acids is 1. The molecule has 0 saturated carbocycles. The Morgan fingerprint density at radius 3 is 0.745 bits per heavy atom. The van der Waals surface area contributed by atoms with Crippen LogP contribution in [0.2, 0.25) is 0 Å². The van der Waals surface area contributed by atoms with Gasteiger partial charge in [0.15, 0.2) is 0 Å². The van der Waals surface area contributed by atoms with Crippen LogP contribution in [-0.2, 0) is 4.79 Å². The van der Waals surface area contributed by atoms with Crippen LogP contribution >= 0.6 is 0 Å². The predicted molar refractivity (Wildman–Crippen MR) is 204 cm³/mol.